The number of halogens is 1. The number of benzene rings is 1. The molecule has 0 spiro atoms. The molecular weight excluding hydrogens is 396 g/mol. The molecule has 0 radical (unpaired) electrons. The van der Waals surface area contributed by atoms with Crippen molar-refractivity contribution in [1.29, 1.82) is 0 Å². The van der Waals surface area contributed by atoms with E-state index in [0.29, 0.717) is 6.42 Å². The number of carbonyl (C=O) groups excluding carboxylic acids is 2. The van der Waals surface area contributed by atoms with Gasteiger partial charge in [-0.3, -0.25) is 4.79 Å². The summed E-state index contributed by atoms with van der Waals surface area (Å²) in [5.74, 6) is 2.09. The van der Waals surface area contributed by atoms with Crippen LogP contribution in [0.1, 0.15) is 46.6 Å². The molecule has 0 unspecified atom stereocenters. The fourth-order valence-corrected chi connectivity index (χ4v) is 2.62. The molecule has 2 amide bonds. The minimum atomic E-state index is -0.848. The highest BCUT2D eigenvalue weighted by Crippen LogP contribution is 2.16. The van der Waals surface area contributed by atoms with Gasteiger partial charge in [-0.05, 0) is 58.7 Å². The van der Waals surface area contributed by atoms with Crippen LogP contribution in [0.25, 0.3) is 0 Å². The van der Waals surface area contributed by atoms with Gasteiger partial charge >= 0.3 is 6.09 Å². The average molecular weight is 423 g/mol. The molecule has 1 atom stereocenters. The van der Waals surface area contributed by atoms with Crippen LogP contribution in [-0.4, -0.2) is 29.2 Å². The zero-order valence-corrected chi connectivity index (χ0v) is 17.6. The van der Waals surface area contributed by atoms with Crippen molar-refractivity contribution in [3.63, 3.8) is 0 Å². The number of terminal acetylenes is 1. The van der Waals surface area contributed by atoms with Crippen molar-refractivity contribution in [3.05, 3.63) is 34.3 Å². The summed E-state index contributed by atoms with van der Waals surface area (Å²) in [5, 5.41) is 5.50. The maximum atomic E-state index is 12.6. The van der Waals surface area contributed by atoms with Crippen LogP contribution < -0.4 is 10.6 Å². The fourth-order valence-electron chi connectivity index (χ4n) is 2.35. The van der Waals surface area contributed by atoms with E-state index in [1.54, 1.807) is 20.8 Å². The third-order valence-electron chi connectivity index (χ3n) is 3.35. The quantitative estimate of drug-likeness (QED) is 0.684. The van der Waals surface area contributed by atoms with Crippen LogP contribution >= 0.6 is 15.9 Å². The maximum Gasteiger partial charge on any atom is 0.408 e. The van der Waals surface area contributed by atoms with Gasteiger partial charge in [0.2, 0.25) is 5.91 Å². The smallest absolute Gasteiger partial charge is 0.408 e. The molecule has 0 aliphatic carbocycles. The highest BCUT2D eigenvalue weighted by Gasteiger charge is 2.28. The zero-order chi connectivity index (χ0) is 20.0. The number of nitrogens with one attached hydrogen (secondary N) is 2. The highest BCUT2D eigenvalue weighted by molar-refractivity contribution is 9.10. The van der Waals surface area contributed by atoms with E-state index in [9.17, 15) is 9.59 Å². The largest absolute Gasteiger partial charge is 0.444 e. The van der Waals surface area contributed by atoms with Gasteiger partial charge in [0.05, 0.1) is 0 Å². The molecule has 2 N–H and O–H groups in total. The summed E-state index contributed by atoms with van der Waals surface area (Å²) in [7, 11) is 0. The van der Waals surface area contributed by atoms with Gasteiger partial charge in [-0.25, -0.2) is 4.79 Å². The number of alkyl carbamates (subject to hydrolysis) is 1. The number of hydrogen-bond acceptors (Lipinski definition) is 3. The van der Waals surface area contributed by atoms with Crippen LogP contribution in [0.15, 0.2) is 28.7 Å². The standard InChI is InChI=1S/C20H27BrN2O3/c1-7-8-16(22-18(25)26-19(2,3)4)17(24)23-20(5,6)13-14-9-11-15(21)12-10-14/h1,9-12,16H,8,13H2,2-6H3,(H,22,25)(H,23,24)/t16-/m0/s1. The van der Waals surface area contributed by atoms with Gasteiger partial charge in [-0.1, -0.05) is 28.1 Å². The molecule has 0 heterocycles. The van der Waals surface area contributed by atoms with E-state index in [4.69, 9.17) is 11.2 Å². The Hall–Kier alpha value is -2.00. The lowest BCUT2D eigenvalue weighted by Crippen LogP contribution is -2.54. The highest BCUT2D eigenvalue weighted by atomic mass is 79.9. The Kier molecular flexibility index (Phi) is 7.70. The van der Waals surface area contributed by atoms with Crippen molar-refractivity contribution in [2.24, 2.45) is 0 Å². The summed E-state index contributed by atoms with van der Waals surface area (Å²) >= 11 is 3.40. The number of hydrogen-bond donors (Lipinski definition) is 2. The zero-order valence-electron chi connectivity index (χ0n) is 16.0. The van der Waals surface area contributed by atoms with Crippen LogP contribution in [0.3, 0.4) is 0 Å². The van der Waals surface area contributed by atoms with Crippen LogP contribution in [0.5, 0.6) is 0 Å². The van der Waals surface area contributed by atoms with E-state index in [1.165, 1.54) is 0 Å². The van der Waals surface area contributed by atoms with E-state index in [2.05, 4.69) is 32.5 Å². The minimum Gasteiger partial charge on any atom is -0.444 e. The monoisotopic (exact) mass is 422 g/mol. The molecule has 1 rings (SSSR count). The molecule has 0 saturated heterocycles. The normalized spacial score (nSPS) is 12.7. The topological polar surface area (TPSA) is 67.4 Å². The predicted octanol–water partition coefficient (Wildman–Crippen LogP) is 3.80. The Balaban J connectivity index is 2.74. The number of amides is 2. The predicted molar refractivity (Wildman–Crippen MR) is 107 cm³/mol. The second kappa shape index (κ2) is 9.09. The summed E-state index contributed by atoms with van der Waals surface area (Å²) < 4.78 is 6.20. The first-order valence-electron chi connectivity index (χ1n) is 8.41. The Labute approximate surface area is 164 Å². The van der Waals surface area contributed by atoms with Crippen molar-refractivity contribution in [2.75, 3.05) is 0 Å². The van der Waals surface area contributed by atoms with Crippen LogP contribution in [0, 0.1) is 12.3 Å². The summed E-state index contributed by atoms with van der Waals surface area (Å²) in [4.78, 5) is 24.6. The van der Waals surface area contributed by atoms with Crippen LogP contribution in [0.4, 0.5) is 4.79 Å². The maximum absolute atomic E-state index is 12.6. The first kappa shape index (κ1) is 22.0. The molecular formula is C20H27BrN2O3. The summed E-state index contributed by atoms with van der Waals surface area (Å²) in [6, 6.07) is 7.06. The van der Waals surface area contributed by atoms with Gasteiger partial charge in [-0.15, -0.1) is 12.3 Å². The lowest BCUT2D eigenvalue weighted by atomic mass is 9.94. The third kappa shape index (κ3) is 8.39. The minimum absolute atomic E-state index is 0.0828. The molecule has 0 aliphatic heterocycles. The van der Waals surface area contributed by atoms with Gasteiger partial charge in [0.25, 0.3) is 0 Å². The van der Waals surface area contributed by atoms with Gasteiger partial charge < -0.3 is 15.4 Å². The lowest BCUT2D eigenvalue weighted by molar-refractivity contribution is -0.124. The molecule has 0 bridgehead atoms. The van der Waals surface area contributed by atoms with Crippen molar-refractivity contribution < 1.29 is 14.3 Å². The SMILES string of the molecule is C#CC[C@H](NC(=O)OC(C)(C)C)C(=O)NC(C)(C)Cc1ccc(Br)cc1. The molecule has 0 fully saturated rings. The number of carbonyl (C=O) groups is 2. The molecule has 26 heavy (non-hydrogen) atoms. The van der Waals surface area contributed by atoms with Crippen molar-refractivity contribution in [3.8, 4) is 12.3 Å². The second-order valence-electron chi connectivity index (χ2n) is 7.78. The van der Waals surface area contributed by atoms with E-state index < -0.39 is 23.3 Å². The van der Waals surface area contributed by atoms with Gasteiger partial charge in [-0.2, -0.15) is 0 Å². The first-order valence-corrected chi connectivity index (χ1v) is 9.20. The van der Waals surface area contributed by atoms with E-state index in [1.807, 2.05) is 38.1 Å². The second-order valence-corrected chi connectivity index (χ2v) is 8.70. The summed E-state index contributed by atoms with van der Waals surface area (Å²) in [5.41, 5.74) is -0.0674. The number of ether oxygens (including phenoxy) is 1. The molecule has 6 heteroatoms. The molecule has 0 aliphatic rings. The Morgan fingerprint density at radius 1 is 1.19 bits per heavy atom. The van der Waals surface area contributed by atoms with Gasteiger partial charge in [0.15, 0.2) is 0 Å². The van der Waals surface area contributed by atoms with E-state index >= 15 is 0 Å². The molecule has 1 aromatic rings. The van der Waals surface area contributed by atoms with E-state index in [0.717, 1.165) is 10.0 Å². The molecule has 0 saturated carbocycles. The van der Waals surface area contributed by atoms with E-state index in [-0.39, 0.29) is 12.3 Å². The van der Waals surface area contributed by atoms with Crippen molar-refractivity contribution in [2.45, 2.75) is 64.6 Å². The third-order valence-corrected chi connectivity index (χ3v) is 3.88. The molecule has 1 aromatic carbocycles. The molecule has 0 aromatic heterocycles. The Morgan fingerprint density at radius 2 is 1.77 bits per heavy atom. The molecule has 142 valence electrons. The van der Waals surface area contributed by atoms with Crippen molar-refractivity contribution in [1.82, 2.24) is 10.6 Å². The lowest BCUT2D eigenvalue weighted by Gasteiger charge is -2.29. The summed E-state index contributed by atoms with van der Waals surface area (Å²) in [6.45, 7) is 9.11. The summed E-state index contributed by atoms with van der Waals surface area (Å²) in [6.07, 6.45) is 5.40. The van der Waals surface area contributed by atoms with Gasteiger partial charge in [0, 0.05) is 16.4 Å². The van der Waals surface area contributed by atoms with Crippen LogP contribution in [0.2, 0.25) is 0 Å². The van der Waals surface area contributed by atoms with Crippen molar-refractivity contribution >= 4 is 27.9 Å². The first-order chi connectivity index (χ1) is 11.9. The molecule has 5 nitrogen and oxygen atoms in total. The average Bonchev–Trinajstić information content (AvgIpc) is 2.46. The fraction of sp³-hybridized carbons (Fsp3) is 0.500. The Morgan fingerprint density at radius 3 is 2.27 bits per heavy atom. The Bertz CT molecular complexity index is 670. The number of rotatable bonds is 6. The van der Waals surface area contributed by atoms with Gasteiger partial charge in [0.1, 0.15) is 11.6 Å². The van der Waals surface area contributed by atoms with Crippen LogP contribution in [-0.2, 0) is 16.0 Å².